The van der Waals surface area contributed by atoms with Crippen LogP contribution in [0.5, 0.6) is 5.75 Å². The Bertz CT molecular complexity index is 602. The molecule has 4 nitrogen and oxygen atoms in total. The highest BCUT2D eigenvalue weighted by Crippen LogP contribution is 2.31. The second kappa shape index (κ2) is 6.25. The first-order chi connectivity index (χ1) is 9.65. The van der Waals surface area contributed by atoms with Crippen molar-refractivity contribution in [1.82, 2.24) is 0 Å². The van der Waals surface area contributed by atoms with Crippen molar-refractivity contribution in [2.75, 3.05) is 25.3 Å². The van der Waals surface area contributed by atoms with Crippen LogP contribution < -0.4 is 15.8 Å². The second-order valence-corrected chi connectivity index (χ2v) is 4.29. The average Bonchev–Trinajstić information content (AvgIpc) is 2.44. The normalized spacial score (nSPS) is 10.3. The first-order valence-electron chi connectivity index (χ1n) is 6.12. The van der Waals surface area contributed by atoms with Crippen molar-refractivity contribution in [1.29, 1.82) is 0 Å². The Kier molecular flexibility index (Phi) is 4.42. The third-order valence-electron chi connectivity index (χ3n) is 2.91. The molecular formula is C15H17FN2O2. The van der Waals surface area contributed by atoms with Crippen molar-refractivity contribution >= 4 is 17.1 Å². The zero-order valence-electron chi connectivity index (χ0n) is 11.4. The SMILES string of the molecule is COCc1ccccc1Nc1cc(OC)c(F)cc1N. The molecule has 0 bridgehead atoms. The van der Waals surface area contributed by atoms with Gasteiger partial charge in [-0.05, 0) is 6.07 Å². The summed E-state index contributed by atoms with van der Waals surface area (Å²) < 4.78 is 23.6. The van der Waals surface area contributed by atoms with Crippen LogP contribution in [0.15, 0.2) is 36.4 Å². The summed E-state index contributed by atoms with van der Waals surface area (Å²) in [5.41, 5.74) is 8.57. The summed E-state index contributed by atoms with van der Waals surface area (Å²) in [4.78, 5) is 0. The van der Waals surface area contributed by atoms with Crippen LogP contribution in [-0.4, -0.2) is 14.2 Å². The van der Waals surface area contributed by atoms with E-state index in [4.69, 9.17) is 15.2 Å². The fraction of sp³-hybridized carbons (Fsp3) is 0.200. The Hall–Kier alpha value is -2.27. The van der Waals surface area contributed by atoms with E-state index >= 15 is 0 Å². The molecule has 0 unspecified atom stereocenters. The van der Waals surface area contributed by atoms with Gasteiger partial charge in [-0.1, -0.05) is 18.2 Å². The van der Waals surface area contributed by atoms with E-state index in [0.717, 1.165) is 11.3 Å². The van der Waals surface area contributed by atoms with Gasteiger partial charge in [0, 0.05) is 30.5 Å². The van der Waals surface area contributed by atoms with Crippen LogP contribution in [0.1, 0.15) is 5.56 Å². The van der Waals surface area contributed by atoms with Crippen LogP contribution in [0, 0.1) is 5.82 Å². The van der Waals surface area contributed by atoms with Crippen molar-refractivity contribution in [3.8, 4) is 5.75 Å². The smallest absolute Gasteiger partial charge is 0.167 e. The van der Waals surface area contributed by atoms with Crippen LogP contribution in [0.3, 0.4) is 0 Å². The number of anilines is 3. The van der Waals surface area contributed by atoms with E-state index in [1.165, 1.54) is 19.2 Å². The first kappa shape index (κ1) is 14.1. The number of ether oxygens (including phenoxy) is 2. The topological polar surface area (TPSA) is 56.5 Å². The largest absolute Gasteiger partial charge is 0.494 e. The number of nitrogens with one attached hydrogen (secondary N) is 1. The fourth-order valence-electron chi connectivity index (χ4n) is 1.90. The van der Waals surface area contributed by atoms with Gasteiger partial charge in [0.05, 0.1) is 25.1 Å². The van der Waals surface area contributed by atoms with Gasteiger partial charge in [-0.15, -0.1) is 0 Å². The summed E-state index contributed by atoms with van der Waals surface area (Å²) in [5.74, 6) is -0.341. The second-order valence-electron chi connectivity index (χ2n) is 4.29. The number of benzene rings is 2. The van der Waals surface area contributed by atoms with Crippen molar-refractivity contribution < 1.29 is 13.9 Å². The highest BCUT2D eigenvalue weighted by atomic mass is 19.1. The zero-order chi connectivity index (χ0) is 14.5. The average molecular weight is 276 g/mol. The van der Waals surface area contributed by atoms with Crippen molar-refractivity contribution in [2.24, 2.45) is 0 Å². The number of para-hydroxylation sites is 1. The van der Waals surface area contributed by atoms with Crippen molar-refractivity contribution in [3.63, 3.8) is 0 Å². The lowest BCUT2D eigenvalue weighted by Gasteiger charge is -2.14. The number of nitrogens with two attached hydrogens (primary N) is 1. The molecule has 0 spiro atoms. The lowest BCUT2D eigenvalue weighted by Crippen LogP contribution is -2.02. The Morgan fingerprint density at radius 3 is 2.60 bits per heavy atom. The standard InChI is InChI=1S/C15H17FN2O2/c1-19-9-10-5-3-4-6-13(10)18-14-8-15(20-2)11(16)7-12(14)17/h3-8,18H,9,17H2,1-2H3. The van der Waals surface area contributed by atoms with E-state index in [0.29, 0.717) is 18.0 Å². The highest BCUT2D eigenvalue weighted by molar-refractivity contribution is 5.75. The predicted molar refractivity (Wildman–Crippen MR) is 77.8 cm³/mol. The van der Waals surface area contributed by atoms with E-state index in [1.807, 2.05) is 24.3 Å². The summed E-state index contributed by atoms with van der Waals surface area (Å²) >= 11 is 0. The van der Waals surface area contributed by atoms with Gasteiger partial charge in [0.2, 0.25) is 0 Å². The highest BCUT2D eigenvalue weighted by Gasteiger charge is 2.10. The van der Waals surface area contributed by atoms with Crippen LogP contribution in [0.4, 0.5) is 21.5 Å². The lowest BCUT2D eigenvalue weighted by molar-refractivity contribution is 0.185. The molecule has 2 rings (SSSR count). The van der Waals surface area contributed by atoms with Gasteiger partial charge in [0.15, 0.2) is 11.6 Å². The zero-order valence-corrected chi connectivity index (χ0v) is 11.4. The number of nitrogen functional groups attached to an aromatic ring is 1. The molecule has 0 amide bonds. The Balaban J connectivity index is 2.35. The van der Waals surface area contributed by atoms with E-state index in [1.54, 1.807) is 7.11 Å². The van der Waals surface area contributed by atoms with Gasteiger partial charge in [-0.2, -0.15) is 0 Å². The molecule has 3 N–H and O–H groups in total. The maximum atomic E-state index is 13.5. The first-order valence-corrected chi connectivity index (χ1v) is 6.12. The summed E-state index contributed by atoms with van der Waals surface area (Å²) in [6, 6.07) is 10.5. The molecule has 0 radical (unpaired) electrons. The van der Waals surface area contributed by atoms with Crippen LogP contribution in [0.25, 0.3) is 0 Å². The van der Waals surface area contributed by atoms with Gasteiger partial charge < -0.3 is 20.5 Å². The van der Waals surface area contributed by atoms with Gasteiger partial charge in [0.25, 0.3) is 0 Å². The third kappa shape index (κ3) is 3.00. The van der Waals surface area contributed by atoms with Crippen LogP contribution in [-0.2, 0) is 11.3 Å². The number of halogens is 1. The molecule has 0 aliphatic heterocycles. The summed E-state index contributed by atoms with van der Waals surface area (Å²) in [6.07, 6.45) is 0. The summed E-state index contributed by atoms with van der Waals surface area (Å²) in [5, 5.41) is 3.18. The maximum Gasteiger partial charge on any atom is 0.167 e. The van der Waals surface area contributed by atoms with E-state index in [9.17, 15) is 4.39 Å². The molecule has 0 aliphatic rings. The molecule has 0 aromatic heterocycles. The minimum Gasteiger partial charge on any atom is -0.494 e. The molecule has 5 heteroatoms. The molecule has 0 fully saturated rings. The quantitative estimate of drug-likeness (QED) is 0.823. The van der Waals surface area contributed by atoms with Gasteiger partial charge in [-0.25, -0.2) is 4.39 Å². The van der Waals surface area contributed by atoms with Gasteiger partial charge in [-0.3, -0.25) is 0 Å². The number of hydrogen-bond donors (Lipinski definition) is 2. The molecule has 0 aliphatic carbocycles. The molecule has 0 saturated carbocycles. The van der Waals surface area contributed by atoms with Crippen LogP contribution in [0.2, 0.25) is 0 Å². The molecule has 2 aromatic carbocycles. The minimum atomic E-state index is -0.485. The molecule has 0 atom stereocenters. The lowest BCUT2D eigenvalue weighted by atomic mass is 10.1. The third-order valence-corrected chi connectivity index (χ3v) is 2.91. The van der Waals surface area contributed by atoms with E-state index in [-0.39, 0.29) is 5.75 Å². The maximum absolute atomic E-state index is 13.5. The van der Waals surface area contributed by atoms with E-state index in [2.05, 4.69) is 5.32 Å². The van der Waals surface area contributed by atoms with Crippen LogP contribution >= 0.6 is 0 Å². The molecule has 20 heavy (non-hydrogen) atoms. The van der Waals surface area contributed by atoms with Gasteiger partial charge >= 0.3 is 0 Å². The predicted octanol–water partition coefficient (Wildman–Crippen LogP) is 3.31. The Labute approximate surface area is 117 Å². The molecule has 106 valence electrons. The Morgan fingerprint density at radius 2 is 1.90 bits per heavy atom. The van der Waals surface area contributed by atoms with Crippen molar-refractivity contribution in [2.45, 2.75) is 6.61 Å². The Morgan fingerprint density at radius 1 is 1.15 bits per heavy atom. The molecule has 0 saturated heterocycles. The molecule has 2 aromatic rings. The molecule has 0 heterocycles. The summed E-state index contributed by atoms with van der Waals surface area (Å²) in [6.45, 7) is 0.474. The number of rotatable bonds is 5. The molecular weight excluding hydrogens is 259 g/mol. The fourth-order valence-corrected chi connectivity index (χ4v) is 1.90. The van der Waals surface area contributed by atoms with Gasteiger partial charge in [0.1, 0.15) is 0 Å². The monoisotopic (exact) mass is 276 g/mol. The van der Waals surface area contributed by atoms with Crippen molar-refractivity contribution in [3.05, 3.63) is 47.8 Å². The summed E-state index contributed by atoms with van der Waals surface area (Å²) in [7, 11) is 3.04. The number of hydrogen-bond acceptors (Lipinski definition) is 4. The number of methoxy groups -OCH3 is 2. The minimum absolute atomic E-state index is 0.144. The van der Waals surface area contributed by atoms with E-state index < -0.39 is 5.82 Å².